The van der Waals surface area contributed by atoms with Crippen LogP contribution in [0.2, 0.25) is 0 Å². The summed E-state index contributed by atoms with van der Waals surface area (Å²) in [6, 6.07) is 9.77. The van der Waals surface area contributed by atoms with E-state index in [0.29, 0.717) is 17.3 Å². The number of hydrazone groups is 1. The Balaban J connectivity index is 2.03. The number of anilines is 1. The minimum atomic E-state index is -0.526. The van der Waals surface area contributed by atoms with Gasteiger partial charge in [0.25, 0.3) is 5.69 Å². The van der Waals surface area contributed by atoms with Crippen LogP contribution in [0, 0.1) is 21.4 Å². The minimum Gasteiger partial charge on any atom is -0.493 e. The molecule has 0 aliphatic carbocycles. The molecule has 0 atom stereocenters. The van der Waals surface area contributed by atoms with Crippen molar-refractivity contribution >= 4 is 17.7 Å². The van der Waals surface area contributed by atoms with E-state index in [1.165, 1.54) is 25.5 Å². The zero-order valence-electron chi connectivity index (χ0n) is 12.7. The monoisotopic (exact) mass is 327 g/mol. The Morgan fingerprint density at radius 2 is 2.25 bits per heavy atom. The number of nitriles is 1. The third-order valence-electron chi connectivity index (χ3n) is 2.83. The van der Waals surface area contributed by atoms with Crippen LogP contribution < -0.4 is 14.9 Å². The number of aromatic nitrogens is 1. The van der Waals surface area contributed by atoms with Gasteiger partial charge in [0.15, 0.2) is 18.1 Å². The Kier molecular flexibility index (Phi) is 5.63. The maximum Gasteiger partial charge on any atom is 0.287 e. The predicted octanol–water partition coefficient (Wildman–Crippen LogP) is 2.35. The summed E-state index contributed by atoms with van der Waals surface area (Å²) in [5.74, 6) is 1.31. The van der Waals surface area contributed by atoms with Crippen molar-refractivity contribution in [2.75, 3.05) is 19.1 Å². The zero-order valence-corrected chi connectivity index (χ0v) is 12.7. The van der Waals surface area contributed by atoms with E-state index in [1.54, 1.807) is 18.2 Å². The molecule has 0 aliphatic heterocycles. The van der Waals surface area contributed by atoms with Crippen LogP contribution in [0.3, 0.4) is 0 Å². The minimum absolute atomic E-state index is 0.0723. The number of nitrogens with zero attached hydrogens (tertiary/aromatic N) is 4. The molecule has 9 nitrogen and oxygen atoms in total. The third-order valence-corrected chi connectivity index (χ3v) is 2.83. The molecule has 0 aliphatic rings. The molecule has 0 saturated carbocycles. The molecule has 0 unspecified atom stereocenters. The molecule has 1 aromatic carbocycles. The van der Waals surface area contributed by atoms with Gasteiger partial charge in [-0.2, -0.15) is 10.4 Å². The van der Waals surface area contributed by atoms with E-state index >= 15 is 0 Å². The van der Waals surface area contributed by atoms with Crippen molar-refractivity contribution in [2.24, 2.45) is 5.10 Å². The maximum absolute atomic E-state index is 10.5. The fourth-order valence-electron chi connectivity index (χ4n) is 1.73. The first-order valence-electron chi connectivity index (χ1n) is 6.71. The molecule has 1 aromatic heterocycles. The van der Waals surface area contributed by atoms with Crippen molar-refractivity contribution in [2.45, 2.75) is 0 Å². The van der Waals surface area contributed by atoms with Crippen LogP contribution in [-0.2, 0) is 0 Å². The van der Waals surface area contributed by atoms with E-state index in [9.17, 15) is 10.1 Å². The number of nitro groups is 1. The number of ether oxygens (including phenoxy) is 2. The standard InChI is InChI=1S/C15H13N5O4/c1-23-14-8-11(2-4-13(14)24-7-6-16)9-18-19-15-5-3-12(10-17-15)20(21)22/h2-5,8-10H,7H2,1H3,(H,17,19). The largest absolute Gasteiger partial charge is 0.493 e. The molecule has 0 fully saturated rings. The molecule has 0 spiro atoms. The van der Waals surface area contributed by atoms with E-state index in [2.05, 4.69) is 15.5 Å². The number of rotatable bonds is 7. The highest BCUT2D eigenvalue weighted by Gasteiger charge is 2.05. The van der Waals surface area contributed by atoms with Crippen molar-refractivity contribution < 1.29 is 14.4 Å². The molecular weight excluding hydrogens is 314 g/mol. The Morgan fingerprint density at radius 1 is 1.42 bits per heavy atom. The van der Waals surface area contributed by atoms with E-state index in [-0.39, 0.29) is 12.3 Å². The Labute approximate surface area is 137 Å². The van der Waals surface area contributed by atoms with Gasteiger partial charge in [-0.1, -0.05) is 0 Å². The van der Waals surface area contributed by atoms with Crippen LogP contribution in [0.25, 0.3) is 0 Å². The first-order chi connectivity index (χ1) is 11.6. The maximum atomic E-state index is 10.5. The van der Waals surface area contributed by atoms with E-state index in [0.717, 1.165) is 11.8 Å². The number of hydrogen-bond acceptors (Lipinski definition) is 8. The molecule has 2 aromatic rings. The topological polar surface area (TPSA) is 123 Å². The molecule has 0 amide bonds. The normalized spacial score (nSPS) is 10.2. The van der Waals surface area contributed by atoms with Crippen LogP contribution in [0.15, 0.2) is 41.6 Å². The van der Waals surface area contributed by atoms with Crippen LogP contribution >= 0.6 is 0 Å². The molecule has 122 valence electrons. The summed E-state index contributed by atoms with van der Waals surface area (Å²) in [6.07, 6.45) is 2.67. The van der Waals surface area contributed by atoms with Gasteiger partial charge in [-0.05, 0) is 29.8 Å². The number of nitrogens with one attached hydrogen (secondary N) is 1. The summed E-state index contributed by atoms with van der Waals surface area (Å²) < 4.78 is 10.4. The molecule has 1 N–H and O–H groups in total. The molecule has 0 saturated heterocycles. The van der Waals surface area contributed by atoms with Crippen molar-refractivity contribution in [3.8, 4) is 17.6 Å². The molecule has 1 heterocycles. The van der Waals surface area contributed by atoms with E-state index in [1.807, 2.05) is 6.07 Å². The second-order valence-corrected chi connectivity index (χ2v) is 4.39. The fourth-order valence-corrected chi connectivity index (χ4v) is 1.73. The predicted molar refractivity (Wildman–Crippen MR) is 86.2 cm³/mol. The summed E-state index contributed by atoms with van der Waals surface area (Å²) in [6.45, 7) is -0.0723. The lowest BCUT2D eigenvalue weighted by molar-refractivity contribution is -0.385. The summed E-state index contributed by atoms with van der Waals surface area (Å²) in [4.78, 5) is 13.9. The van der Waals surface area contributed by atoms with Gasteiger partial charge in [-0.3, -0.25) is 15.5 Å². The molecule has 0 radical (unpaired) electrons. The lowest BCUT2D eigenvalue weighted by atomic mass is 10.2. The summed E-state index contributed by atoms with van der Waals surface area (Å²) >= 11 is 0. The number of methoxy groups -OCH3 is 1. The van der Waals surface area contributed by atoms with Crippen LogP contribution in [0.1, 0.15) is 5.56 Å². The average molecular weight is 327 g/mol. The quantitative estimate of drug-likeness (QED) is 0.470. The highest BCUT2D eigenvalue weighted by atomic mass is 16.6. The van der Waals surface area contributed by atoms with Gasteiger partial charge < -0.3 is 9.47 Å². The summed E-state index contributed by atoms with van der Waals surface area (Å²) in [5, 5.41) is 23.1. The molecule has 2 rings (SSSR count). The first kappa shape index (κ1) is 16.7. The number of benzene rings is 1. The molecule has 24 heavy (non-hydrogen) atoms. The van der Waals surface area contributed by atoms with Gasteiger partial charge in [0.05, 0.1) is 18.2 Å². The van der Waals surface area contributed by atoms with Gasteiger partial charge in [0.2, 0.25) is 0 Å². The smallest absolute Gasteiger partial charge is 0.287 e. The van der Waals surface area contributed by atoms with Crippen molar-refractivity contribution in [3.05, 3.63) is 52.2 Å². The zero-order chi connectivity index (χ0) is 17.4. The summed E-state index contributed by atoms with van der Waals surface area (Å²) in [7, 11) is 1.49. The van der Waals surface area contributed by atoms with Gasteiger partial charge in [-0.15, -0.1) is 0 Å². The SMILES string of the molecule is COc1cc(C=NNc2ccc([N+](=O)[O-])cn2)ccc1OCC#N. The Hall–Kier alpha value is -3.67. The Bertz CT molecular complexity index is 783. The van der Waals surface area contributed by atoms with E-state index in [4.69, 9.17) is 14.7 Å². The second kappa shape index (κ2) is 8.09. The average Bonchev–Trinajstić information content (AvgIpc) is 2.60. The lowest BCUT2D eigenvalue weighted by Crippen LogP contribution is -1.98. The summed E-state index contributed by atoms with van der Waals surface area (Å²) in [5.41, 5.74) is 3.30. The van der Waals surface area contributed by atoms with Crippen molar-refractivity contribution in [1.29, 1.82) is 5.26 Å². The van der Waals surface area contributed by atoms with E-state index < -0.39 is 4.92 Å². The van der Waals surface area contributed by atoms with Crippen LogP contribution in [0.4, 0.5) is 11.5 Å². The Morgan fingerprint density at radius 3 is 2.88 bits per heavy atom. The van der Waals surface area contributed by atoms with Gasteiger partial charge >= 0.3 is 0 Å². The van der Waals surface area contributed by atoms with Gasteiger partial charge in [0, 0.05) is 6.07 Å². The molecule has 0 bridgehead atoms. The van der Waals surface area contributed by atoms with Crippen LogP contribution in [-0.4, -0.2) is 29.8 Å². The number of pyridine rings is 1. The molecule has 9 heteroatoms. The number of hydrogen-bond donors (Lipinski definition) is 1. The third kappa shape index (κ3) is 4.41. The van der Waals surface area contributed by atoms with Gasteiger partial charge in [0.1, 0.15) is 18.1 Å². The van der Waals surface area contributed by atoms with Crippen molar-refractivity contribution in [1.82, 2.24) is 4.98 Å². The van der Waals surface area contributed by atoms with Crippen molar-refractivity contribution in [3.63, 3.8) is 0 Å². The van der Waals surface area contributed by atoms with Crippen LogP contribution in [0.5, 0.6) is 11.5 Å². The fraction of sp³-hybridized carbons (Fsp3) is 0.133. The molecular formula is C15H13N5O4. The highest BCUT2D eigenvalue weighted by Crippen LogP contribution is 2.27. The lowest BCUT2D eigenvalue weighted by Gasteiger charge is -2.08. The van der Waals surface area contributed by atoms with Gasteiger partial charge in [-0.25, -0.2) is 4.98 Å². The first-order valence-corrected chi connectivity index (χ1v) is 6.71. The second-order valence-electron chi connectivity index (χ2n) is 4.39. The highest BCUT2D eigenvalue weighted by molar-refractivity contribution is 5.81.